The number of fused-ring (bicyclic) bond motifs is 1. The van der Waals surface area contributed by atoms with Crippen LogP contribution in [0.15, 0.2) is 52.4 Å². The third-order valence-corrected chi connectivity index (χ3v) is 3.36. The van der Waals surface area contributed by atoms with Crippen LogP contribution in [0.1, 0.15) is 0 Å². The molecule has 114 valence electrons. The third-order valence-electron chi connectivity index (χ3n) is 3.36. The van der Waals surface area contributed by atoms with Crippen molar-refractivity contribution in [1.82, 2.24) is 0 Å². The lowest BCUT2D eigenvalue weighted by Crippen LogP contribution is -2.34. The highest BCUT2D eigenvalue weighted by Gasteiger charge is 2.27. The Morgan fingerprint density at radius 1 is 1.36 bits per heavy atom. The molecule has 6 nitrogen and oxygen atoms in total. The van der Waals surface area contributed by atoms with Gasteiger partial charge in [0.2, 0.25) is 0 Å². The maximum atomic E-state index is 9.38. The minimum Gasteiger partial charge on any atom is -0.497 e. The number of rotatable bonds is 2. The second kappa shape index (κ2) is 6.52. The molecule has 0 spiro atoms. The van der Waals surface area contributed by atoms with Gasteiger partial charge in [0, 0.05) is 5.57 Å². The highest BCUT2D eigenvalue weighted by molar-refractivity contribution is 6.08. The lowest BCUT2D eigenvalue weighted by molar-refractivity contribution is 0.199. The number of nitrogens with zero attached hydrogens (tertiary/aromatic N) is 3. The highest BCUT2D eigenvalue weighted by atomic mass is 35.5. The second-order valence-corrected chi connectivity index (χ2v) is 4.56. The van der Waals surface area contributed by atoms with Gasteiger partial charge in [0.25, 0.3) is 0 Å². The van der Waals surface area contributed by atoms with Gasteiger partial charge in [-0.1, -0.05) is 0 Å². The van der Waals surface area contributed by atoms with Crippen molar-refractivity contribution in [2.75, 3.05) is 25.3 Å². The van der Waals surface area contributed by atoms with E-state index in [0.29, 0.717) is 30.3 Å². The van der Waals surface area contributed by atoms with Gasteiger partial charge in [-0.25, -0.2) is 5.01 Å². The summed E-state index contributed by atoms with van der Waals surface area (Å²) in [5, 5.41) is 15.4. The van der Waals surface area contributed by atoms with E-state index in [2.05, 4.69) is 11.2 Å². The van der Waals surface area contributed by atoms with Crippen molar-refractivity contribution < 1.29 is 9.47 Å². The first-order chi connectivity index (χ1) is 10.2. The number of hydrogen-bond donors (Lipinski definition) is 1. The number of hydrazone groups is 1. The van der Waals surface area contributed by atoms with Crippen LogP contribution in [-0.4, -0.2) is 26.0 Å². The van der Waals surface area contributed by atoms with E-state index in [9.17, 15) is 5.26 Å². The summed E-state index contributed by atoms with van der Waals surface area (Å²) in [6, 6.07) is 9.47. The van der Waals surface area contributed by atoms with Crippen molar-refractivity contribution in [1.29, 1.82) is 5.26 Å². The van der Waals surface area contributed by atoms with Crippen LogP contribution in [0.25, 0.3) is 0 Å². The number of ether oxygens (including phenoxy) is 2. The van der Waals surface area contributed by atoms with E-state index in [0.717, 1.165) is 17.0 Å². The largest absolute Gasteiger partial charge is 0.497 e. The van der Waals surface area contributed by atoms with Crippen LogP contribution >= 0.6 is 12.4 Å². The Balaban J connectivity index is 0.00000176. The number of halogens is 1. The number of methoxy groups -OCH3 is 1. The summed E-state index contributed by atoms with van der Waals surface area (Å²) < 4.78 is 10.5. The average molecular weight is 319 g/mol. The monoisotopic (exact) mass is 318 g/mol. The standard InChI is InChI=1S/C15H14N4O2.ClH/c1-20-11-4-2-10(3-5-11)19-15(17)13(8-16)12-6-7-21-9-14(12)18-19;/h2-6H,7,9,17H2,1H3;1H. The summed E-state index contributed by atoms with van der Waals surface area (Å²) in [6.07, 6.45) is 1.83. The Labute approximate surface area is 134 Å². The number of nitrogens with two attached hydrogens (primary N) is 1. The first-order valence-electron chi connectivity index (χ1n) is 6.44. The Morgan fingerprint density at radius 2 is 2.09 bits per heavy atom. The molecular weight excluding hydrogens is 304 g/mol. The quantitative estimate of drug-likeness (QED) is 0.901. The van der Waals surface area contributed by atoms with Crippen LogP contribution in [0, 0.1) is 11.3 Å². The molecule has 0 unspecified atom stereocenters. The molecule has 0 saturated heterocycles. The van der Waals surface area contributed by atoms with Crippen LogP contribution in [0.5, 0.6) is 5.75 Å². The predicted octanol–water partition coefficient (Wildman–Crippen LogP) is 1.94. The van der Waals surface area contributed by atoms with E-state index in [-0.39, 0.29) is 12.4 Å². The topological polar surface area (TPSA) is 83.9 Å². The minimum absolute atomic E-state index is 0. The van der Waals surface area contributed by atoms with Crippen LogP contribution in [0.3, 0.4) is 0 Å². The van der Waals surface area contributed by atoms with Crippen LogP contribution in [-0.2, 0) is 4.74 Å². The maximum Gasteiger partial charge on any atom is 0.144 e. The molecule has 0 fully saturated rings. The fraction of sp³-hybridized carbons (Fsp3) is 0.200. The van der Waals surface area contributed by atoms with E-state index in [1.807, 2.05) is 30.3 Å². The number of nitriles is 1. The Morgan fingerprint density at radius 3 is 2.73 bits per heavy atom. The molecule has 2 heterocycles. The molecule has 0 aliphatic carbocycles. The number of hydrogen-bond acceptors (Lipinski definition) is 6. The number of benzene rings is 1. The zero-order valence-electron chi connectivity index (χ0n) is 11.9. The van der Waals surface area contributed by atoms with E-state index < -0.39 is 0 Å². The lowest BCUT2D eigenvalue weighted by Gasteiger charge is -2.29. The Bertz CT molecular complexity index is 701. The molecule has 0 bridgehead atoms. The van der Waals surface area contributed by atoms with Crippen molar-refractivity contribution in [3.05, 3.63) is 47.3 Å². The van der Waals surface area contributed by atoms with Crippen molar-refractivity contribution in [2.24, 2.45) is 10.8 Å². The van der Waals surface area contributed by atoms with Gasteiger partial charge < -0.3 is 15.2 Å². The summed E-state index contributed by atoms with van der Waals surface area (Å²) in [7, 11) is 1.61. The van der Waals surface area contributed by atoms with Crippen molar-refractivity contribution in [3.63, 3.8) is 0 Å². The zero-order chi connectivity index (χ0) is 14.8. The Hall–Kier alpha value is -2.49. The van der Waals surface area contributed by atoms with Gasteiger partial charge in [0.1, 0.15) is 23.2 Å². The molecule has 2 aliphatic rings. The fourth-order valence-corrected chi connectivity index (χ4v) is 2.28. The summed E-state index contributed by atoms with van der Waals surface area (Å²) >= 11 is 0. The first kappa shape index (κ1) is 15.9. The van der Waals surface area contributed by atoms with Crippen molar-refractivity contribution >= 4 is 23.8 Å². The molecule has 22 heavy (non-hydrogen) atoms. The molecule has 2 aliphatic heterocycles. The summed E-state index contributed by atoms with van der Waals surface area (Å²) in [4.78, 5) is 0. The van der Waals surface area contributed by atoms with Crippen molar-refractivity contribution in [2.45, 2.75) is 0 Å². The summed E-state index contributed by atoms with van der Waals surface area (Å²) in [6.45, 7) is 0.840. The zero-order valence-corrected chi connectivity index (χ0v) is 12.8. The molecule has 0 atom stereocenters. The normalized spacial score (nSPS) is 16.8. The van der Waals surface area contributed by atoms with Gasteiger partial charge >= 0.3 is 0 Å². The van der Waals surface area contributed by atoms with E-state index in [4.69, 9.17) is 15.2 Å². The minimum atomic E-state index is 0. The van der Waals surface area contributed by atoms with Gasteiger partial charge in [-0.15, -0.1) is 12.4 Å². The van der Waals surface area contributed by atoms with Gasteiger partial charge in [0.15, 0.2) is 0 Å². The van der Waals surface area contributed by atoms with Gasteiger partial charge in [-0.05, 0) is 30.3 Å². The maximum absolute atomic E-state index is 9.38. The molecular formula is C15H15ClN4O2. The predicted molar refractivity (Wildman–Crippen MR) is 85.9 cm³/mol. The SMILES string of the molecule is COc1ccc(N2N=C3COCC=C3C(C#N)=C2N)cc1.Cl. The first-order valence-corrected chi connectivity index (χ1v) is 6.44. The fourth-order valence-electron chi connectivity index (χ4n) is 2.28. The van der Waals surface area contributed by atoms with Crippen LogP contribution < -0.4 is 15.5 Å². The van der Waals surface area contributed by atoms with E-state index >= 15 is 0 Å². The van der Waals surface area contributed by atoms with E-state index in [1.54, 1.807) is 12.1 Å². The average Bonchev–Trinajstić information content (AvgIpc) is 2.54. The van der Waals surface area contributed by atoms with Crippen LogP contribution in [0.2, 0.25) is 0 Å². The molecule has 2 N–H and O–H groups in total. The Kier molecular flexibility index (Phi) is 4.71. The summed E-state index contributed by atoms with van der Waals surface area (Å²) in [5.41, 5.74) is 8.78. The molecule has 0 aromatic heterocycles. The summed E-state index contributed by atoms with van der Waals surface area (Å²) in [5.74, 6) is 1.06. The van der Waals surface area contributed by atoms with Gasteiger partial charge in [-0.3, -0.25) is 0 Å². The van der Waals surface area contributed by atoms with Gasteiger partial charge in [-0.2, -0.15) is 10.4 Å². The third kappa shape index (κ3) is 2.64. The van der Waals surface area contributed by atoms with Crippen LogP contribution in [0.4, 0.5) is 5.69 Å². The highest BCUT2D eigenvalue weighted by Crippen LogP contribution is 2.29. The van der Waals surface area contributed by atoms with Crippen molar-refractivity contribution in [3.8, 4) is 11.8 Å². The van der Waals surface area contributed by atoms with E-state index in [1.165, 1.54) is 0 Å². The molecule has 0 saturated carbocycles. The molecule has 1 aromatic carbocycles. The molecule has 3 rings (SSSR count). The molecule has 1 aromatic rings. The number of anilines is 1. The second-order valence-electron chi connectivity index (χ2n) is 4.56. The van der Waals surface area contributed by atoms with Gasteiger partial charge in [0.05, 0.1) is 31.7 Å². The molecule has 0 radical (unpaired) electrons. The smallest absolute Gasteiger partial charge is 0.144 e. The molecule has 7 heteroatoms. The molecule has 0 amide bonds. The number of allylic oxidation sites excluding steroid dienone is 1. The lowest BCUT2D eigenvalue weighted by atomic mass is 9.99.